The van der Waals surface area contributed by atoms with Gasteiger partial charge in [0.1, 0.15) is 0 Å². The van der Waals surface area contributed by atoms with E-state index in [0.717, 1.165) is 11.7 Å². The van der Waals surface area contributed by atoms with E-state index in [1.807, 2.05) is 13.2 Å². The molecule has 0 radical (unpaired) electrons. The van der Waals surface area contributed by atoms with Gasteiger partial charge in [0.05, 0.1) is 0 Å². The number of aromatic amines is 1. The first-order valence-electron chi connectivity index (χ1n) is 4.79. The molecular weight excluding hydrogens is 206 g/mol. The monoisotopic (exact) mass is 219 g/mol. The molecule has 0 aliphatic heterocycles. The molecule has 0 saturated heterocycles. The normalized spacial score (nSPS) is 10.5. The molecule has 2 N–H and O–H groups in total. The van der Waals surface area contributed by atoms with Crippen molar-refractivity contribution in [2.45, 2.75) is 16.6 Å². The Hall–Kier alpha value is -1.26. The van der Waals surface area contributed by atoms with Gasteiger partial charge in [-0.1, -0.05) is 23.9 Å². The van der Waals surface area contributed by atoms with Gasteiger partial charge in [-0.05, 0) is 24.7 Å². The van der Waals surface area contributed by atoms with E-state index in [2.05, 4.69) is 39.6 Å². The highest BCUT2D eigenvalue weighted by Crippen LogP contribution is 2.24. The molecule has 2 aromatic rings. The minimum atomic E-state index is 0.908. The second kappa shape index (κ2) is 5.00. The highest BCUT2D eigenvalue weighted by atomic mass is 32.2. The average Bonchev–Trinajstić information content (AvgIpc) is 2.74. The van der Waals surface area contributed by atoms with Gasteiger partial charge in [-0.25, -0.2) is 4.98 Å². The number of nitrogens with zero attached hydrogens (tertiary/aromatic N) is 1. The molecule has 0 spiro atoms. The Balaban J connectivity index is 2.04. The molecule has 2 rings (SSSR count). The maximum atomic E-state index is 4.17. The topological polar surface area (TPSA) is 40.7 Å². The van der Waals surface area contributed by atoms with Crippen molar-refractivity contribution in [2.75, 3.05) is 7.05 Å². The number of nitrogens with one attached hydrogen (secondary N) is 2. The van der Waals surface area contributed by atoms with E-state index >= 15 is 0 Å². The molecule has 1 aromatic carbocycles. The lowest BCUT2D eigenvalue weighted by molar-refractivity contribution is 0.817. The standard InChI is InChI=1S/C11H13N3S/c1-12-8-9-2-4-10(5-3-9)15-11-13-6-7-14-11/h2-7,12H,8H2,1H3,(H,13,14). The van der Waals surface area contributed by atoms with Crippen LogP contribution < -0.4 is 5.32 Å². The minimum Gasteiger partial charge on any atom is -0.339 e. The van der Waals surface area contributed by atoms with Crippen molar-refractivity contribution < 1.29 is 0 Å². The number of H-pyrrole nitrogens is 1. The fourth-order valence-corrected chi connectivity index (χ4v) is 2.03. The van der Waals surface area contributed by atoms with Crippen LogP contribution in [0.1, 0.15) is 5.56 Å². The number of benzene rings is 1. The van der Waals surface area contributed by atoms with Crippen LogP contribution in [-0.2, 0) is 6.54 Å². The van der Waals surface area contributed by atoms with Gasteiger partial charge in [0.25, 0.3) is 0 Å². The van der Waals surface area contributed by atoms with Crippen LogP contribution in [0.15, 0.2) is 46.7 Å². The number of hydrogen-bond donors (Lipinski definition) is 2. The Morgan fingerprint density at radius 2 is 2.13 bits per heavy atom. The third kappa shape index (κ3) is 2.84. The number of imidazole rings is 1. The van der Waals surface area contributed by atoms with Crippen molar-refractivity contribution in [3.63, 3.8) is 0 Å². The Labute approximate surface area is 93.3 Å². The zero-order chi connectivity index (χ0) is 10.5. The second-order valence-corrected chi connectivity index (χ2v) is 4.23. The molecule has 0 atom stereocenters. The first kappa shape index (κ1) is 10.3. The van der Waals surface area contributed by atoms with Crippen molar-refractivity contribution in [3.05, 3.63) is 42.2 Å². The van der Waals surface area contributed by atoms with Crippen LogP contribution in [0.2, 0.25) is 0 Å². The van der Waals surface area contributed by atoms with Crippen LogP contribution in [0.3, 0.4) is 0 Å². The van der Waals surface area contributed by atoms with E-state index in [1.54, 1.807) is 18.0 Å². The van der Waals surface area contributed by atoms with Crippen molar-refractivity contribution in [3.8, 4) is 0 Å². The van der Waals surface area contributed by atoms with E-state index in [-0.39, 0.29) is 0 Å². The minimum absolute atomic E-state index is 0.908. The molecule has 4 heteroatoms. The van der Waals surface area contributed by atoms with Crippen LogP contribution in [0.25, 0.3) is 0 Å². The van der Waals surface area contributed by atoms with Gasteiger partial charge in [0.15, 0.2) is 5.16 Å². The predicted octanol–water partition coefficient (Wildman–Crippen LogP) is 2.28. The van der Waals surface area contributed by atoms with Gasteiger partial charge in [-0.2, -0.15) is 0 Å². The molecule has 1 heterocycles. The molecule has 0 aliphatic rings. The third-order valence-corrected chi connectivity index (χ3v) is 2.92. The van der Waals surface area contributed by atoms with Gasteiger partial charge in [0.2, 0.25) is 0 Å². The predicted molar refractivity (Wildman–Crippen MR) is 61.9 cm³/mol. The smallest absolute Gasteiger partial charge is 0.170 e. The van der Waals surface area contributed by atoms with Gasteiger partial charge < -0.3 is 10.3 Å². The Bertz CT molecular complexity index is 394. The highest BCUT2D eigenvalue weighted by molar-refractivity contribution is 7.99. The quantitative estimate of drug-likeness (QED) is 0.829. The molecule has 1 aromatic heterocycles. The summed E-state index contributed by atoms with van der Waals surface area (Å²) in [5.41, 5.74) is 1.29. The first-order chi connectivity index (χ1) is 7.38. The van der Waals surface area contributed by atoms with Gasteiger partial charge in [-0.15, -0.1) is 0 Å². The maximum absolute atomic E-state index is 4.17. The number of rotatable bonds is 4. The van der Waals surface area contributed by atoms with Crippen LogP contribution >= 0.6 is 11.8 Å². The van der Waals surface area contributed by atoms with Gasteiger partial charge in [-0.3, -0.25) is 0 Å². The lowest BCUT2D eigenvalue weighted by Crippen LogP contribution is -2.04. The summed E-state index contributed by atoms with van der Waals surface area (Å²) in [6, 6.07) is 8.48. The van der Waals surface area contributed by atoms with E-state index in [4.69, 9.17) is 0 Å². The van der Waals surface area contributed by atoms with E-state index in [1.165, 1.54) is 10.5 Å². The molecule has 0 amide bonds. The fourth-order valence-electron chi connectivity index (χ4n) is 1.30. The lowest BCUT2D eigenvalue weighted by Gasteiger charge is -2.01. The molecule has 0 fully saturated rings. The molecule has 0 aliphatic carbocycles. The zero-order valence-corrected chi connectivity index (χ0v) is 9.34. The van der Waals surface area contributed by atoms with Crippen molar-refractivity contribution in [1.82, 2.24) is 15.3 Å². The second-order valence-electron chi connectivity index (χ2n) is 3.17. The van der Waals surface area contributed by atoms with E-state index in [0.29, 0.717) is 0 Å². The van der Waals surface area contributed by atoms with Crippen molar-refractivity contribution >= 4 is 11.8 Å². The molecule has 78 valence electrons. The molecule has 3 nitrogen and oxygen atoms in total. The van der Waals surface area contributed by atoms with E-state index in [9.17, 15) is 0 Å². The SMILES string of the molecule is CNCc1ccc(Sc2ncc[nH]2)cc1. The van der Waals surface area contributed by atoms with Crippen molar-refractivity contribution in [2.24, 2.45) is 0 Å². The van der Waals surface area contributed by atoms with Gasteiger partial charge >= 0.3 is 0 Å². The third-order valence-electron chi connectivity index (χ3n) is 1.99. The average molecular weight is 219 g/mol. The largest absolute Gasteiger partial charge is 0.339 e. The summed E-state index contributed by atoms with van der Waals surface area (Å²) in [6.07, 6.45) is 3.59. The summed E-state index contributed by atoms with van der Waals surface area (Å²) >= 11 is 1.63. The van der Waals surface area contributed by atoms with E-state index < -0.39 is 0 Å². The van der Waals surface area contributed by atoms with Crippen LogP contribution in [0.4, 0.5) is 0 Å². The summed E-state index contributed by atoms with van der Waals surface area (Å²) in [6.45, 7) is 0.908. The Kier molecular flexibility index (Phi) is 3.42. The highest BCUT2D eigenvalue weighted by Gasteiger charge is 1.98. The summed E-state index contributed by atoms with van der Waals surface area (Å²) in [5.74, 6) is 0. The summed E-state index contributed by atoms with van der Waals surface area (Å²) in [7, 11) is 1.95. The number of aromatic nitrogens is 2. The molecule has 0 unspecified atom stereocenters. The lowest BCUT2D eigenvalue weighted by atomic mass is 10.2. The summed E-state index contributed by atoms with van der Waals surface area (Å²) in [5, 5.41) is 4.05. The van der Waals surface area contributed by atoms with Gasteiger partial charge in [0, 0.05) is 23.8 Å². The van der Waals surface area contributed by atoms with Crippen molar-refractivity contribution in [1.29, 1.82) is 0 Å². The Morgan fingerprint density at radius 3 is 2.73 bits per heavy atom. The zero-order valence-electron chi connectivity index (χ0n) is 8.53. The number of hydrogen-bond acceptors (Lipinski definition) is 3. The molecule has 0 saturated carbocycles. The van der Waals surface area contributed by atoms with Crippen LogP contribution in [0.5, 0.6) is 0 Å². The first-order valence-corrected chi connectivity index (χ1v) is 5.61. The summed E-state index contributed by atoms with van der Waals surface area (Å²) < 4.78 is 0. The molecule has 0 bridgehead atoms. The summed E-state index contributed by atoms with van der Waals surface area (Å²) in [4.78, 5) is 8.43. The Morgan fingerprint density at radius 1 is 1.33 bits per heavy atom. The van der Waals surface area contributed by atoms with Crippen LogP contribution in [0, 0.1) is 0 Å². The molecule has 15 heavy (non-hydrogen) atoms. The molecular formula is C11H13N3S. The van der Waals surface area contributed by atoms with Crippen LogP contribution in [-0.4, -0.2) is 17.0 Å². The fraction of sp³-hybridized carbons (Fsp3) is 0.182. The maximum Gasteiger partial charge on any atom is 0.170 e.